The first-order valence-corrected chi connectivity index (χ1v) is 10.9. The molecule has 0 atom stereocenters. The smallest absolute Gasteiger partial charge is 0.152 e. The summed E-state index contributed by atoms with van der Waals surface area (Å²) < 4.78 is 13.0. The molecule has 0 aromatic carbocycles. The van der Waals surface area contributed by atoms with Crippen LogP contribution in [0, 0.1) is 0 Å². The van der Waals surface area contributed by atoms with Crippen molar-refractivity contribution in [2.24, 2.45) is 0 Å². The first-order chi connectivity index (χ1) is 14.1. The second-order valence-electron chi connectivity index (χ2n) is 8.47. The molecule has 6 nitrogen and oxygen atoms in total. The number of nitrogens with zero attached hydrogens (tertiary/aromatic N) is 4. The van der Waals surface area contributed by atoms with Crippen molar-refractivity contribution in [3.8, 4) is 11.5 Å². The lowest BCUT2D eigenvalue weighted by molar-refractivity contribution is -0.0395. The Bertz CT molecular complexity index is 1220. The van der Waals surface area contributed by atoms with Crippen molar-refractivity contribution in [3.05, 3.63) is 35.9 Å². The highest BCUT2D eigenvalue weighted by Gasteiger charge is 2.33. The van der Waals surface area contributed by atoms with Crippen molar-refractivity contribution >= 4 is 37.6 Å². The molecule has 148 valence electrons. The molecular weight excluding hydrogens is 384 g/mol. The van der Waals surface area contributed by atoms with Gasteiger partial charge in [0.15, 0.2) is 5.76 Å². The number of pyridine rings is 1. The third-order valence-corrected chi connectivity index (χ3v) is 7.04. The number of hydrogen-bond acceptors (Lipinski definition) is 7. The maximum absolute atomic E-state index is 6.15. The molecule has 1 fully saturated rings. The van der Waals surface area contributed by atoms with Crippen molar-refractivity contribution in [2.75, 3.05) is 18.0 Å². The molecule has 6 heterocycles. The van der Waals surface area contributed by atoms with Gasteiger partial charge in [0.25, 0.3) is 0 Å². The van der Waals surface area contributed by atoms with Gasteiger partial charge in [-0.1, -0.05) is 0 Å². The van der Waals surface area contributed by atoms with Crippen LogP contribution in [0.1, 0.15) is 37.8 Å². The van der Waals surface area contributed by atoms with E-state index in [1.54, 1.807) is 23.9 Å². The van der Waals surface area contributed by atoms with Crippen LogP contribution in [0.25, 0.3) is 31.9 Å². The summed E-state index contributed by atoms with van der Waals surface area (Å²) in [6.45, 7) is 6.94. The topological polar surface area (TPSA) is 64.3 Å². The van der Waals surface area contributed by atoms with Crippen molar-refractivity contribution < 1.29 is 9.15 Å². The van der Waals surface area contributed by atoms with Gasteiger partial charge in [-0.3, -0.25) is 0 Å². The molecule has 0 unspecified atom stereocenters. The van der Waals surface area contributed by atoms with Crippen LogP contribution in [-0.2, 0) is 17.8 Å². The number of furan rings is 1. The van der Waals surface area contributed by atoms with Crippen LogP contribution in [0.15, 0.2) is 29.1 Å². The molecule has 0 N–H and O–H groups in total. The lowest BCUT2D eigenvalue weighted by Crippen LogP contribution is -2.32. The summed E-state index contributed by atoms with van der Waals surface area (Å²) in [7, 11) is 0. The number of fused-ring (bicyclic) bond motifs is 5. The average molecular weight is 407 g/mol. The summed E-state index contributed by atoms with van der Waals surface area (Å²) in [5.74, 6) is 1.84. The van der Waals surface area contributed by atoms with Crippen molar-refractivity contribution in [2.45, 2.75) is 45.3 Å². The van der Waals surface area contributed by atoms with Crippen molar-refractivity contribution in [3.63, 3.8) is 0 Å². The summed E-state index contributed by atoms with van der Waals surface area (Å²) in [6, 6.07) is 3.88. The predicted octanol–water partition coefficient (Wildman–Crippen LogP) is 4.95. The molecule has 0 spiro atoms. The molecule has 0 bridgehead atoms. The Balaban J connectivity index is 1.68. The summed E-state index contributed by atoms with van der Waals surface area (Å²) >= 11 is 1.70. The molecule has 4 aromatic rings. The standard InChI is InChI=1S/C22H22N4O2S/c1-22(2)10-13-14(11-28-22)17(15-6-5-9-27-15)25-21-16(13)18-19(29-21)20(24-12-23-18)26-7-3-4-8-26/h5-6,9,12H,3-4,7-8,10-11H2,1-2H3. The quantitative estimate of drug-likeness (QED) is 0.469. The predicted molar refractivity (Wildman–Crippen MR) is 114 cm³/mol. The van der Waals surface area contributed by atoms with Gasteiger partial charge in [-0.05, 0) is 44.4 Å². The number of aromatic nitrogens is 3. The molecular formula is C22H22N4O2S. The summed E-state index contributed by atoms with van der Waals surface area (Å²) in [6.07, 6.45) is 6.67. The maximum Gasteiger partial charge on any atom is 0.152 e. The lowest BCUT2D eigenvalue weighted by atomic mass is 9.89. The number of ether oxygens (including phenoxy) is 1. The molecule has 2 aliphatic rings. The number of anilines is 1. The molecule has 0 radical (unpaired) electrons. The fourth-order valence-electron chi connectivity index (χ4n) is 4.57. The Morgan fingerprint density at radius 3 is 2.79 bits per heavy atom. The van der Waals surface area contributed by atoms with Gasteiger partial charge in [0.1, 0.15) is 22.7 Å². The summed E-state index contributed by atoms with van der Waals surface area (Å²) in [5, 5.41) is 1.16. The lowest BCUT2D eigenvalue weighted by Gasteiger charge is -2.32. The van der Waals surface area contributed by atoms with E-state index in [1.165, 1.54) is 18.4 Å². The fourth-order valence-corrected chi connectivity index (χ4v) is 5.74. The SMILES string of the molecule is CC1(C)Cc2c(c(-c3ccco3)nc3sc4c(N5CCCC5)ncnc4c23)CO1. The van der Waals surface area contributed by atoms with Gasteiger partial charge in [-0.2, -0.15) is 0 Å². The third-order valence-electron chi connectivity index (χ3n) is 5.97. The largest absolute Gasteiger partial charge is 0.463 e. The highest BCUT2D eigenvalue weighted by Crippen LogP contribution is 2.44. The van der Waals surface area contributed by atoms with Gasteiger partial charge in [0.05, 0.1) is 28.7 Å². The van der Waals surface area contributed by atoms with E-state index >= 15 is 0 Å². The first kappa shape index (κ1) is 17.4. The van der Waals surface area contributed by atoms with Gasteiger partial charge in [0, 0.05) is 30.5 Å². The molecule has 6 rings (SSSR count). The van der Waals surface area contributed by atoms with E-state index in [2.05, 4.69) is 23.7 Å². The van der Waals surface area contributed by atoms with Gasteiger partial charge in [-0.15, -0.1) is 11.3 Å². The summed E-state index contributed by atoms with van der Waals surface area (Å²) in [5.41, 5.74) is 4.09. The van der Waals surface area contributed by atoms with E-state index in [0.717, 1.165) is 62.8 Å². The van der Waals surface area contributed by atoms with E-state index in [-0.39, 0.29) is 5.60 Å². The monoisotopic (exact) mass is 406 g/mol. The van der Waals surface area contributed by atoms with E-state index in [9.17, 15) is 0 Å². The normalized spacial score (nSPS) is 18.6. The highest BCUT2D eigenvalue weighted by atomic mass is 32.1. The van der Waals surface area contributed by atoms with Crippen LogP contribution in [0.5, 0.6) is 0 Å². The Morgan fingerprint density at radius 2 is 2.00 bits per heavy atom. The maximum atomic E-state index is 6.15. The highest BCUT2D eigenvalue weighted by molar-refractivity contribution is 7.26. The minimum atomic E-state index is -0.221. The molecule has 0 amide bonds. The van der Waals surface area contributed by atoms with E-state index in [0.29, 0.717) is 6.61 Å². The zero-order valence-electron chi connectivity index (χ0n) is 16.6. The van der Waals surface area contributed by atoms with Gasteiger partial charge in [-0.25, -0.2) is 15.0 Å². The van der Waals surface area contributed by atoms with Crippen LogP contribution in [0.3, 0.4) is 0 Å². The molecule has 1 saturated heterocycles. The molecule has 2 aliphatic heterocycles. The van der Waals surface area contributed by atoms with Crippen molar-refractivity contribution in [1.29, 1.82) is 0 Å². The fraction of sp³-hybridized carbons (Fsp3) is 0.409. The second-order valence-corrected chi connectivity index (χ2v) is 9.47. The van der Waals surface area contributed by atoms with Crippen molar-refractivity contribution in [1.82, 2.24) is 15.0 Å². The average Bonchev–Trinajstić information content (AvgIpc) is 3.45. The third kappa shape index (κ3) is 2.68. The van der Waals surface area contributed by atoms with E-state index < -0.39 is 0 Å². The van der Waals surface area contributed by atoms with E-state index in [1.807, 2.05) is 12.1 Å². The first-order valence-electron chi connectivity index (χ1n) is 10.1. The Hall–Kier alpha value is -2.51. The van der Waals surface area contributed by atoms with Crippen LogP contribution < -0.4 is 4.90 Å². The van der Waals surface area contributed by atoms with Gasteiger partial charge < -0.3 is 14.1 Å². The zero-order valence-corrected chi connectivity index (χ0v) is 17.4. The summed E-state index contributed by atoms with van der Waals surface area (Å²) in [4.78, 5) is 17.8. The molecule has 4 aromatic heterocycles. The van der Waals surface area contributed by atoms with Crippen LogP contribution in [-0.4, -0.2) is 33.6 Å². The Kier molecular flexibility index (Phi) is 3.74. The zero-order chi connectivity index (χ0) is 19.6. The minimum Gasteiger partial charge on any atom is -0.463 e. The molecule has 0 aliphatic carbocycles. The Labute approximate surface area is 172 Å². The molecule has 7 heteroatoms. The molecule has 29 heavy (non-hydrogen) atoms. The van der Waals surface area contributed by atoms with Crippen LogP contribution in [0.2, 0.25) is 0 Å². The van der Waals surface area contributed by atoms with Gasteiger partial charge in [0.2, 0.25) is 0 Å². The number of hydrogen-bond donors (Lipinski definition) is 0. The van der Waals surface area contributed by atoms with Crippen LogP contribution in [0.4, 0.5) is 5.82 Å². The Morgan fingerprint density at radius 1 is 1.14 bits per heavy atom. The van der Waals surface area contributed by atoms with Crippen LogP contribution >= 0.6 is 11.3 Å². The van der Waals surface area contributed by atoms with E-state index in [4.69, 9.17) is 19.1 Å². The number of thiophene rings is 1. The molecule has 0 saturated carbocycles. The minimum absolute atomic E-state index is 0.221. The number of rotatable bonds is 2. The second kappa shape index (κ2) is 6.24. The van der Waals surface area contributed by atoms with Gasteiger partial charge >= 0.3 is 0 Å².